The van der Waals surface area contributed by atoms with E-state index in [1.807, 2.05) is 0 Å². The Bertz CT molecular complexity index is 82.2. The third kappa shape index (κ3) is 0.991. The third-order valence-electron chi connectivity index (χ3n) is 0.719. The maximum absolute atomic E-state index is 6.50. The maximum atomic E-state index is 6.50. The van der Waals surface area contributed by atoms with Gasteiger partial charge < -0.3 is 5.32 Å². The zero-order valence-corrected chi connectivity index (χ0v) is 4.59. The van der Waals surface area contributed by atoms with E-state index in [0.717, 1.165) is 17.5 Å². The molecule has 2 N–H and O–H groups in total. The summed E-state index contributed by atoms with van der Waals surface area (Å²) < 4.78 is 0. The van der Waals surface area contributed by atoms with E-state index >= 15 is 0 Å². The molecule has 4 heteroatoms. The summed E-state index contributed by atoms with van der Waals surface area (Å²) in [5.74, 6) is 7.56. The van der Waals surface area contributed by atoms with E-state index in [2.05, 4.69) is 10.4 Å². The van der Waals surface area contributed by atoms with Gasteiger partial charge in [0.15, 0.2) is 5.17 Å². The Hall–Kier alpha value is -0.380. The molecule has 0 saturated carbocycles. The first-order chi connectivity index (χ1) is 3.43. The van der Waals surface area contributed by atoms with Crippen LogP contribution in [0, 0.1) is 0 Å². The molecule has 0 aromatic carbocycles. The van der Waals surface area contributed by atoms with E-state index in [4.69, 9.17) is 5.84 Å². The van der Waals surface area contributed by atoms with Crippen LogP contribution in [0.5, 0.6) is 0 Å². The van der Waals surface area contributed by atoms with E-state index in [1.165, 1.54) is 0 Å². The molecule has 1 aliphatic rings. The van der Waals surface area contributed by atoms with Crippen molar-refractivity contribution in [3.8, 4) is 0 Å². The van der Waals surface area contributed by atoms with Gasteiger partial charge in [-0.05, 0) is 0 Å². The van der Waals surface area contributed by atoms with Crippen LogP contribution in [0.25, 0.3) is 0 Å². The van der Waals surface area contributed by atoms with Gasteiger partial charge in [-0.15, -0.1) is 5.10 Å². The van der Waals surface area contributed by atoms with Gasteiger partial charge in [0.1, 0.15) is 0 Å². The quantitative estimate of drug-likeness (QED) is 0.448. The molecule has 1 aliphatic heterocycles. The number of thioether (sulfide) groups is 1. The van der Waals surface area contributed by atoms with Crippen LogP contribution in [0.2, 0.25) is 0 Å². The number of nitrogens with zero attached hydrogens (tertiary/aromatic N) is 1. The molecule has 1 rings (SSSR count). The molecule has 0 bridgehead atoms. The van der Waals surface area contributed by atoms with Crippen LogP contribution in [0.15, 0.2) is 5.10 Å². The molecule has 0 unspecified atom stereocenters. The monoisotopic (exact) mass is 116 g/mol. The third-order valence-corrected chi connectivity index (χ3v) is 1.64. The highest BCUT2D eigenvalue weighted by molar-refractivity contribution is 8.14. The number of amidine groups is 1. The molecule has 7 heavy (non-hydrogen) atoms. The van der Waals surface area contributed by atoms with Gasteiger partial charge in [-0.2, -0.15) is 0 Å². The summed E-state index contributed by atoms with van der Waals surface area (Å²) in [5, 5.41) is 6.89. The molecule has 0 aromatic heterocycles. The highest BCUT2D eigenvalue weighted by Crippen LogP contribution is 2.05. The van der Waals surface area contributed by atoms with Crippen molar-refractivity contribution in [1.82, 2.24) is 11.2 Å². The van der Waals surface area contributed by atoms with Gasteiger partial charge >= 0.3 is 0 Å². The summed E-state index contributed by atoms with van der Waals surface area (Å²) in [6.45, 7) is 0.961. The second-order valence-corrected chi connectivity index (χ2v) is 2.28. The van der Waals surface area contributed by atoms with E-state index < -0.39 is 0 Å². The van der Waals surface area contributed by atoms with Crippen molar-refractivity contribution in [2.45, 2.75) is 0 Å². The number of nitrogens with one attached hydrogen (secondary N) is 2. The van der Waals surface area contributed by atoms with Crippen LogP contribution >= 0.6 is 11.8 Å². The molecule has 0 aliphatic carbocycles. The Labute approximate surface area is 46.3 Å². The Morgan fingerprint density at radius 3 is 3.00 bits per heavy atom. The van der Waals surface area contributed by atoms with Crippen LogP contribution in [-0.4, -0.2) is 17.5 Å². The van der Waals surface area contributed by atoms with E-state index in [9.17, 15) is 0 Å². The van der Waals surface area contributed by atoms with Crippen LogP contribution < -0.4 is 11.2 Å². The summed E-state index contributed by atoms with van der Waals surface area (Å²) in [6.07, 6.45) is 0. The van der Waals surface area contributed by atoms with E-state index in [0.29, 0.717) is 0 Å². The minimum Gasteiger partial charge on any atom is -0.362 e. The van der Waals surface area contributed by atoms with E-state index in [1.54, 1.807) is 11.8 Å². The Morgan fingerprint density at radius 2 is 2.71 bits per heavy atom. The van der Waals surface area contributed by atoms with Gasteiger partial charge in [-0.25, -0.2) is 5.84 Å². The maximum Gasteiger partial charge on any atom is 0.182 e. The number of hydrogen-bond acceptors (Lipinski definition) is 2. The smallest absolute Gasteiger partial charge is 0.182 e. The van der Waals surface area contributed by atoms with Crippen molar-refractivity contribution in [1.29, 1.82) is 0 Å². The molecule has 39 valence electrons. The van der Waals surface area contributed by atoms with Crippen molar-refractivity contribution < 1.29 is 0 Å². The highest BCUT2D eigenvalue weighted by atomic mass is 32.2. The zero-order chi connectivity index (χ0) is 5.11. The van der Waals surface area contributed by atoms with Gasteiger partial charge in [0.25, 0.3) is 0 Å². The SMILES string of the molecule is [NH]N=C1NCCS1. The fourth-order valence-electron chi connectivity index (χ4n) is 0.429. The van der Waals surface area contributed by atoms with Crippen molar-refractivity contribution in [2.24, 2.45) is 5.10 Å². The zero-order valence-electron chi connectivity index (χ0n) is 3.77. The second-order valence-electron chi connectivity index (χ2n) is 1.19. The summed E-state index contributed by atoms with van der Waals surface area (Å²) in [4.78, 5) is 0. The van der Waals surface area contributed by atoms with Gasteiger partial charge in [0.2, 0.25) is 0 Å². The predicted molar refractivity (Wildman–Crippen MR) is 31.0 cm³/mol. The molecule has 1 fully saturated rings. The number of hydrogen-bond donors (Lipinski definition) is 1. The molecule has 0 spiro atoms. The molecule has 0 amide bonds. The first kappa shape index (κ1) is 4.77. The summed E-state index contributed by atoms with van der Waals surface area (Å²) >= 11 is 1.59. The van der Waals surface area contributed by atoms with Gasteiger partial charge in [0, 0.05) is 12.3 Å². The Balaban J connectivity index is 2.41. The second kappa shape index (κ2) is 2.07. The van der Waals surface area contributed by atoms with Crippen molar-refractivity contribution in [2.75, 3.05) is 12.3 Å². The summed E-state index contributed by atoms with van der Waals surface area (Å²) in [7, 11) is 0. The molecule has 0 aromatic rings. The average Bonchev–Trinajstić information content (AvgIpc) is 2.14. The van der Waals surface area contributed by atoms with Gasteiger partial charge in [-0.3, -0.25) is 0 Å². The van der Waals surface area contributed by atoms with Crippen molar-refractivity contribution >= 4 is 16.9 Å². The normalized spacial score (nSPS) is 25.4. The fraction of sp³-hybridized carbons (Fsp3) is 0.667. The molecule has 1 heterocycles. The minimum absolute atomic E-state index is 0.750. The topological polar surface area (TPSA) is 48.2 Å². The van der Waals surface area contributed by atoms with Gasteiger partial charge in [0.05, 0.1) is 0 Å². The minimum atomic E-state index is 0.750. The van der Waals surface area contributed by atoms with Crippen LogP contribution in [0.3, 0.4) is 0 Å². The highest BCUT2D eigenvalue weighted by Gasteiger charge is 2.04. The lowest BCUT2D eigenvalue weighted by atomic mass is 10.8. The molecule has 0 atom stereocenters. The van der Waals surface area contributed by atoms with E-state index in [-0.39, 0.29) is 0 Å². The Kier molecular flexibility index (Phi) is 1.41. The standard InChI is InChI=1S/C3H6N3S/c4-6-3-5-1-2-7-3/h4H,1-2H2,(H,5,6). The first-order valence-electron chi connectivity index (χ1n) is 2.04. The van der Waals surface area contributed by atoms with Crippen molar-refractivity contribution in [3.63, 3.8) is 0 Å². The lowest BCUT2D eigenvalue weighted by Gasteiger charge is -1.86. The Morgan fingerprint density at radius 1 is 1.86 bits per heavy atom. The van der Waals surface area contributed by atoms with Crippen molar-refractivity contribution in [3.05, 3.63) is 0 Å². The van der Waals surface area contributed by atoms with Gasteiger partial charge in [-0.1, -0.05) is 11.8 Å². The predicted octanol–water partition coefficient (Wildman–Crippen LogP) is -0.123. The molecule has 1 radical (unpaired) electrons. The molecular formula is C3H6N3S. The molecular weight excluding hydrogens is 110 g/mol. The molecule has 3 nitrogen and oxygen atoms in total. The lowest BCUT2D eigenvalue weighted by molar-refractivity contribution is 1.00. The average molecular weight is 116 g/mol. The molecule has 1 saturated heterocycles. The fourth-order valence-corrected chi connectivity index (χ4v) is 1.09. The van der Waals surface area contributed by atoms with Crippen LogP contribution in [0.4, 0.5) is 0 Å². The number of rotatable bonds is 0. The lowest BCUT2D eigenvalue weighted by Crippen LogP contribution is -2.12. The summed E-state index contributed by atoms with van der Waals surface area (Å²) in [5.41, 5.74) is 0. The largest absolute Gasteiger partial charge is 0.362 e. The van der Waals surface area contributed by atoms with Crippen LogP contribution in [0.1, 0.15) is 0 Å². The van der Waals surface area contributed by atoms with Crippen LogP contribution in [-0.2, 0) is 0 Å². The first-order valence-corrected chi connectivity index (χ1v) is 3.03. The summed E-state index contributed by atoms with van der Waals surface area (Å²) in [6, 6.07) is 0.